The van der Waals surface area contributed by atoms with Crippen molar-refractivity contribution in [2.24, 2.45) is 11.7 Å². The fourth-order valence-corrected chi connectivity index (χ4v) is 2.18. The molecule has 1 saturated heterocycles. The van der Waals surface area contributed by atoms with E-state index >= 15 is 0 Å². The molecular weight excluding hydrogens is 172 g/mol. The number of unbranched alkanes of at least 4 members (excludes halogenated alkanes) is 1. The molecule has 1 fully saturated rings. The summed E-state index contributed by atoms with van der Waals surface area (Å²) in [7, 11) is 0. The maximum absolute atomic E-state index is 5.94. The zero-order chi connectivity index (χ0) is 10.4. The van der Waals surface area contributed by atoms with Crippen LogP contribution in [0, 0.1) is 5.92 Å². The Balaban J connectivity index is 2.22. The first-order valence-corrected chi connectivity index (χ1v) is 5.83. The highest BCUT2D eigenvalue weighted by Gasteiger charge is 2.21. The lowest BCUT2D eigenvalue weighted by Gasteiger charge is -2.34. The molecule has 1 heterocycles. The van der Waals surface area contributed by atoms with Gasteiger partial charge in [-0.3, -0.25) is 0 Å². The van der Waals surface area contributed by atoms with E-state index in [0.29, 0.717) is 12.0 Å². The molecule has 1 aliphatic rings. The second-order valence-corrected chi connectivity index (χ2v) is 4.49. The standard InChI is InChI=1S/C12H24N2/c1-3-4-5-8-14-9-6-7-12(10-14)11(2)13/h3,11-12H,1,4-10,13H2,2H3. The Morgan fingerprint density at radius 3 is 3.07 bits per heavy atom. The van der Waals surface area contributed by atoms with E-state index < -0.39 is 0 Å². The number of hydrogen-bond acceptors (Lipinski definition) is 2. The highest BCUT2D eigenvalue weighted by Crippen LogP contribution is 2.18. The molecule has 1 rings (SSSR count). The Hall–Kier alpha value is -0.340. The summed E-state index contributed by atoms with van der Waals surface area (Å²) in [5, 5.41) is 0. The van der Waals surface area contributed by atoms with E-state index in [1.165, 1.54) is 38.9 Å². The van der Waals surface area contributed by atoms with Gasteiger partial charge >= 0.3 is 0 Å². The minimum Gasteiger partial charge on any atom is -0.328 e. The lowest BCUT2D eigenvalue weighted by atomic mass is 9.92. The molecule has 0 amide bonds. The summed E-state index contributed by atoms with van der Waals surface area (Å²) in [5.74, 6) is 0.715. The first-order valence-electron chi connectivity index (χ1n) is 5.83. The topological polar surface area (TPSA) is 29.3 Å². The summed E-state index contributed by atoms with van der Waals surface area (Å²) in [6.07, 6.45) is 7.03. The molecule has 14 heavy (non-hydrogen) atoms. The van der Waals surface area contributed by atoms with Gasteiger partial charge in [-0.05, 0) is 51.6 Å². The van der Waals surface area contributed by atoms with Gasteiger partial charge in [0, 0.05) is 12.6 Å². The summed E-state index contributed by atoms with van der Waals surface area (Å²) in [5.41, 5.74) is 5.94. The van der Waals surface area contributed by atoms with E-state index in [1.54, 1.807) is 0 Å². The van der Waals surface area contributed by atoms with Crippen LogP contribution >= 0.6 is 0 Å². The van der Waals surface area contributed by atoms with Crippen molar-refractivity contribution in [3.63, 3.8) is 0 Å². The zero-order valence-corrected chi connectivity index (χ0v) is 9.41. The molecule has 2 heteroatoms. The molecule has 2 atom stereocenters. The van der Waals surface area contributed by atoms with Crippen molar-refractivity contribution in [2.75, 3.05) is 19.6 Å². The average Bonchev–Trinajstić information content (AvgIpc) is 2.19. The van der Waals surface area contributed by atoms with Crippen molar-refractivity contribution in [3.05, 3.63) is 12.7 Å². The molecule has 0 aromatic rings. The van der Waals surface area contributed by atoms with Gasteiger partial charge in [0.05, 0.1) is 0 Å². The van der Waals surface area contributed by atoms with Crippen LogP contribution in [0.3, 0.4) is 0 Å². The molecule has 0 spiro atoms. The third-order valence-electron chi connectivity index (χ3n) is 3.17. The maximum Gasteiger partial charge on any atom is 0.00509 e. The summed E-state index contributed by atoms with van der Waals surface area (Å²) in [4.78, 5) is 2.56. The Labute approximate surface area is 88.2 Å². The third-order valence-corrected chi connectivity index (χ3v) is 3.17. The van der Waals surface area contributed by atoms with Crippen molar-refractivity contribution in [1.82, 2.24) is 4.90 Å². The van der Waals surface area contributed by atoms with Gasteiger partial charge in [-0.25, -0.2) is 0 Å². The number of nitrogens with zero attached hydrogens (tertiary/aromatic N) is 1. The van der Waals surface area contributed by atoms with Crippen LogP contribution in [0.1, 0.15) is 32.6 Å². The summed E-state index contributed by atoms with van der Waals surface area (Å²) in [6.45, 7) is 9.57. The largest absolute Gasteiger partial charge is 0.328 e. The molecule has 0 aromatic heterocycles. The van der Waals surface area contributed by atoms with Crippen LogP contribution in [0.25, 0.3) is 0 Å². The van der Waals surface area contributed by atoms with E-state index in [4.69, 9.17) is 5.73 Å². The zero-order valence-electron chi connectivity index (χ0n) is 9.41. The van der Waals surface area contributed by atoms with Crippen molar-refractivity contribution in [2.45, 2.75) is 38.6 Å². The lowest BCUT2D eigenvalue weighted by Crippen LogP contribution is -2.42. The van der Waals surface area contributed by atoms with Crippen LogP contribution in [-0.4, -0.2) is 30.6 Å². The van der Waals surface area contributed by atoms with Crippen molar-refractivity contribution < 1.29 is 0 Å². The van der Waals surface area contributed by atoms with Gasteiger partial charge in [-0.15, -0.1) is 6.58 Å². The molecule has 0 radical (unpaired) electrons. The number of rotatable bonds is 5. The molecule has 82 valence electrons. The van der Waals surface area contributed by atoms with E-state index in [2.05, 4.69) is 18.4 Å². The second-order valence-electron chi connectivity index (χ2n) is 4.49. The molecule has 2 N–H and O–H groups in total. The van der Waals surface area contributed by atoms with Crippen LogP contribution < -0.4 is 5.73 Å². The monoisotopic (exact) mass is 196 g/mol. The molecular formula is C12H24N2. The highest BCUT2D eigenvalue weighted by atomic mass is 15.1. The molecule has 0 bridgehead atoms. The average molecular weight is 196 g/mol. The van der Waals surface area contributed by atoms with Gasteiger partial charge in [0.25, 0.3) is 0 Å². The molecule has 0 aromatic carbocycles. The molecule has 2 nitrogen and oxygen atoms in total. The minimum absolute atomic E-state index is 0.359. The van der Waals surface area contributed by atoms with Crippen molar-refractivity contribution in [1.29, 1.82) is 0 Å². The van der Waals surface area contributed by atoms with E-state index in [9.17, 15) is 0 Å². The molecule has 2 unspecified atom stereocenters. The number of hydrogen-bond donors (Lipinski definition) is 1. The number of nitrogens with two attached hydrogens (primary N) is 1. The lowest BCUT2D eigenvalue weighted by molar-refractivity contribution is 0.160. The van der Waals surface area contributed by atoms with Crippen LogP contribution in [0.2, 0.25) is 0 Å². The van der Waals surface area contributed by atoms with Crippen molar-refractivity contribution >= 4 is 0 Å². The first-order chi connectivity index (χ1) is 6.74. The van der Waals surface area contributed by atoms with E-state index in [0.717, 1.165) is 6.42 Å². The van der Waals surface area contributed by atoms with Gasteiger partial charge in [-0.1, -0.05) is 6.08 Å². The van der Waals surface area contributed by atoms with Gasteiger partial charge < -0.3 is 10.6 Å². The fraction of sp³-hybridized carbons (Fsp3) is 0.833. The SMILES string of the molecule is C=CCCCN1CCCC(C(C)N)C1. The molecule has 1 aliphatic heterocycles. The first kappa shape index (κ1) is 11.7. The predicted molar refractivity (Wildman–Crippen MR) is 62.2 cm³/mol. The Morgan fingerprint density at radius 2 is 2.43 bits per heavy atom. The summed E-state index contributed by atoms with van der Waals surface area (Å²) in [6, 6.07) is 0.359. The van der Waals surface area contributed by atoms with E-state index in [1.807, 2.05) is 6.08 Å². The van der Waals surface area contributed by atoms with Gasteiger partial charge in [-0.2, -0.15) is 0 Å². The predicted octanol–water partition coefficient (Wildman–Crippen LogP) is 2.01. The summed E-state index contributed by atoms with van der Waals surface area (Å²) >= 11 is 0. The van der Waals surface area contributed by atoms with Crippen LogP contribution in [0.5, 0.6) is 0 Å². The van der Waals surface area contributed by atoms with Crippen LogP contribution in [0.4, 0.5) is 0 Å². The Morgan fingerprint density at radius 1 is 1.64 bits per heavy atom. The van der Waals surface area contributed by atoms with Crippen LogP contribution in [-0.2, 0) is 0 Å². The quantitative estimate of drug-likeness (QED) is 0.538. The molecule has 0 aliphatic carbocycles. The normalized spacial score (nSPS) is 26.0. The third kappa shape index (κ3) is 3.81. The molecule has 0 saturated carbocycles. The van der Waals surface area contributed by atoms with Gasteiger partial charge in [0.2, 0.25) is 0 Å². The Bertz CT molecular complexity index is 166. The minimum atomic E-state index is 0.359. The van der Waals surface area contributed by atoms with Crippen molar-refractivity contribution in [3.8, 4) is 0 Å². The maximum atomic E-state index is 5.94. The van der Waals surface area contributed by atoms with Gasteiger partial charge in [0.15, 0.2) is 0 Å². The summed E-state index contributed by atoms with van der Waals surface area (Å²) < 4.78 is 0. The highest BCUT2D eigenvalue weighted by molar-refractivity contribution is 4.78. The fourth-order valence-electron chi connectivity index (χ4n) is 2.18. The second kappa shape index (κ2) is 6.20. The number of piperidine rings is 1. The number of likely N-dealkylation sites (tertiary alicyclic amines) is 1. The smallest absolute Gasteiger partial charge is 0.00509 e. The Kier molecular flexibility index (Phi) is 5.20. The van der Waals surface area contributed by atoms with Gasteiger partial charge in [0.1, 0.15) is 0 Å². The van der Waals surface area contributed by atoms with Crippen LogP contribution in [0.15, 0.2) is 12.7 Å². The van der Waals surface area contributed by atoms with E-state index in [-0.39, 0.29) is 0 Å². The number of allylic oxidation sites excluding steroid dienone is 1.